The summed E-state index contributed by atoms with van der Waals surface area (Å²) in [5, 5.41) is 3.20. The number of amides is 1. The van der Waals surface area contributed by atoms with Crippen molar-refractivity contribution < 1.29 is 13.9 Å². The largest absolute Gasteiger partial charge is 0.496 e. The smallest absolute Gasteiger partial charge is 0.259 e. The van der Waals surface area contributed by atoms with Gasteiger partial charge >= 0.3 is 0 Å². The van der Waals surface area contributed by atoms with Crippen LogP contribution in [0.2, 0.25) is 5.02 Å². The number of carbonyl (C=O) groups is 1. The summed E-state index contributed by atoms with van der Waals surface area (Å²) in [6, 6.07) is 13.9. The summed E-state index contributed by atoms with van der Waals surface area (Å²) in [7, 11) is 1.51. The number of fused-ring (bicyclic) bond motifs is 1. The Labute approximate surface area is 173 Å². The predicted molar refractivity (Wildman–Crippen MR) is 111 cm³/mol. The van der Waals surface area contributed by atoms with Gasteiger partial charge in [0.1, 0.15) is 5.75 Å². The standard InChI is InChI=1S/C20H13BrClN3O3/c1-27-16-7-5-12(21)10-13(16)19(26)24-15-9-11(4-6-14(15)22)20-25-18-17(28-20)3-2-8-23-18/h2-10H,1H3,(H,24,26). The molecule has 0 aliphatic rings. The highest BCUT2D eigenvalue weighted by Gasteiger charge is 2.16. The van der Waals surface area contributed by atoms with Crippen LogP contribution in [0.3, 0.4) is 0 Å². The number of nitrogens with zero attached hydrogens (tertiary/aromatic N) is 2. The van der Waals surface area contributed by atoms with Crippen LogP contribution in [-0.2, 0) is 0 Å². The fraction of sp³-hybridized carbons (Fsp3) is 0.0500. The van der Waals surface area contributed by atoms with Crippen LogP contribution in [0, 0.1) is 0 Å². The van der Waals surface area contributed by atoms with Gasteiger partial charge in [0.2, 0.25) is 5.89 Å². The van der Waals surface area contributed by atoms with Crippen molar-refractivity contribution in [2.45, 2.75) is 0 Å². The summed E-state index contributed by atoms with van der Waals surface area (Å²) in [5.41, 5.74) is 2.57. The molecule has 1 amide bonds. The molecule has 0 atom stereocenters. The van der Waals surface area contributed by atoms with Crippen molar-refractivity contribution in [3.05, 3.63) is 69.8 Å². The van der Waals surface area contributed by atoms with Gasteiger partial charge in [-0.1, -0.05) is 27.5 Å². The molecular weight excluding hydrogens is 446 g/mol. The molecule has 1 N–H and O–H groups in total. The number of methoxy groups -OCH3 is 1. The number of oxazole rings is 1. The minimum absolute atomic E-state index is 0.351. The van der Waals surface area contributed by atoms with Gasteiger partial charge in [-0.15, -0.1) is 0 Å². The fourth-order valence-corrected chi connectivity index (χ4v) is 3.22. The third kappa shape index (κ3) is 3.58. The molecule has 8 heteroatoms. The molecule has 0 unspecified atom stereocenters. The maximum Gasteiger partial charge on any atom is 0.259 e. The fourth-order valence-electron chi connectivity index (χ4n) is 2.69. The lowest BCUT2D eigenvalue weighted by atomic mass is 10.1. The van der Waals surface area contributed by atoms with Crippen LogP contribution in [-0.4, -0.2) is 23.0 Å². The van der Waals surface area contributed by atoms with Gasteiger partial charge in [-0.05, 0) is 48.5 Å². The van der Waals surface area contributed by atoms with E-state index in [1.807, 2.05) is 0 Å². The van der Waals surface area contributed by atoms with Crippen molar-refractivity contribution >= 4 is 50.4 Å². The van der Waals surface area contributed by atoms with Crippen LogP contribution in [0.15, 0.2) is 63.6 Å². The monoisotopic (exact) mass is 457 g/mol. The average Bonchev–Trinajstić information content (AvgIpc) is 3.13. The lowest BCUT2D eigenvalue weighted by Crippen LogP contribution is -2.13. The molecule has 0 aliphatic heterocycles. The molecule has 4 rings (SSSR count). The summed E-state index contributed by atoms with van der Waals surface area (Å²) in [6.07, 6.45) is 1.65. The summed E-state index contributed by atoms with van der Waals surface area (Å²) < 4.78 is 11.8. The average molecular weight is 459 g/mol. The lowest BCUT2D eigenvalue weighted by molar-refractivity contribution is 0.102. The van der Waals surface area contributed by atoms with Crippen molar-refractivity contribution in [3.63, 3.8) is 0 Å². The first-order valence-electron chi connectivity index (χ1n) is 8.21. The minimum Gasteiger partial charge on any atom is -0.496 e. The number of ether oxygens (including phenoxy) is 1. The number of benzene rings is 2. The normalized spacial score (nSPS) is 10.8. The molecule has 6 nitrogen and oxygen atoms in total. The summed E-state index contributed by atoms with van der Waals surface area (Å²) in [6.45, 7) is 0. The summed E-state index contributed by atoms with van der Waals surface area (Å²) in [4.78, 5) is 21.3. The van der Waals surface area contributed by atoms with Crippen LogP contribution in [0.25, 0.3) is 22.7 Å². The zero-order chi connectivity index (χ0) is 19.7. The Hall–Kier alpha value is -2.90. The van der Waals surface area contributed by atoms with Gasteiger partial charge in [-0.2, -0.15) is 4.98 Å². The number of carbonyl (C=O) groups excluding carboxylic acids is 1. The van der Waals surface area contributed by atoms with Crippen LogP contribution < -0.4 is 10.1 Å². The van der Waals surface area contributed by atoms with E-state index >= 15 is 0 Å². The second-order valence-corrected chi connectivity index (χ2v) is 7.16. The molecule has 0 aliphatic carbocycles. The first-order chi connectivity index (χ1) is 13.5. The molecule has 2 aromatic carbocycles. The van der Waals surface area contributed by atoms with Gasteiger partial charge in [0, 0.05) is 16.2 Å². The highest BCUT2D eigenvalue weighted by Crippen LogP contribution is 2.31. The SMILES string of the molecule is COc1ccc(Br)cc1C(=O)Nc1cc(-c2nc3ncccc3o2)ccc1Cl. The minimum atomic E-state index is -0.351. The number of rotatable bonds is 4. The molecule has 2 heterocycles. The van der Waals surface area contributed by atoms with E-state index < -0.39 is 0 Å². The van der Waals surface area contributed by atoms with E-state index in [1.54, 1.807) is 54.7 Å². The van der Waals surface area contributed by atoms with Crippen LogP contribution in [0.4, 0.5) is 5.69 Å². The van der Waals surface area contributed by atoms with E-state index in [-0.39, 0.29) is 5.91 Å². The molecule has 0 fully saturated rings. The van der Waals surface area contributed by atoms with Crippen molar-refractivity contribution in [2.75, 3.05) is 12.4 Å². The Bertz CT molecular complexity index is 1160. The molecule has 0 radical (unpaired) electrons. The molecule has 140 valence electrons. The number of hydrogen-bond acceptors (Lipinski definition) is 5. The highest BCUT2D eigenvalue weighted by molar-refractivity contribution is 9.10. The third-order valence-electron chi connectivity index (χ3n) is 4.03. The number of pyridine rings is 1. The van der Waals surface area contributed by atoms with Gasteiger partial charge in [-0.25, -0.2) is 4.98 Å². The first kappa shape index (κ1) is 18.5. The third-order valence-corrected chi connectivity index (χ3v) is 4.86. The molecule has 0 bridgehead atoms. The van der Waals surface area contributed by atoms with Crippen LogP contribution in [0.1, 0.15) is 10.4 Å². The van der Waals surface area contributed by atoms with Crippen molar-refractivity contribution in [2.24, 2.45) is 0 Å². The van der Waals surface area contributed by atoms with Crippen molar-refractivity contribution in [3.8, 4) is 17.2 Å². The molecular formula is C20H13BrClN3O3. The Morgan fingerprint density at radius 1 is 1.21 bits per heavy atom. The van der Waals surface area contributed by atoms with E-state index in [0.717, 1.165) is 4.47 Å². The van der Waals surface area contributed by atoms with E-state index in [4.69, 9.17) is 20.8 Å². The van der Waals surface area contributed by atoms with Gasteiger partial charge in [-0.3, -0.25) is 4.79 Å². The Kier molecular flexibility index (Phi) is 5.02. The highest BCUT2D eigenvalue weighted by atomic mass is 79.9. The quantitative estimate of drug-likeness (QED) is 0.433. The van der Waals surface area contributed by atoms with E-state index in [0.29, 0.717) is 44.7 Å². The summed E-state index contributed by atoms with van der Waals surface area (Å²) >= 11 is 9.64. The second-order valence-electron chi connectivity index (χ2n) is 5.84. The number of aromatic nitrogens is 2. The van der Waals surface area contributed by atoms with Gasteiger partial charge in [0.15, 0.2) is 11.2 Å². The lowest BCUT2D eigenvalue weighted by Gasteiger charge is -2.11. The summed E-state index contributed by atoms with van der Waals surface area (Å²) in [5.74, 6) is 0.496. The Morgan fingerprint density at radius 2 is 2.07 bits per heavy atom. The molecule has 2 aromatic heterocycles. The van der Waals surface area contributed by atoms with Crippen LogP contribution >= 0.6 is 27.5 Å². The Balaban J connectivity index is 1.68. The number of halogens is 2. The van der Waals surface area contributed by atoms with E-state index in [9.17, 15) is 4.79 Å². The van der Waals surface area contributed by atoms with Crippen LogP contribution in [0.5, 0.6) is 5.75 Å². The number of nitrogens with one attached hydrogen (secondary N) is 1. The van der Waals surface area contributed by atoms with Gasteiger partial charge < -0.3 is 14.5 Å². The zero-order valence-electron chi connectivity index (χ0n) is 14.6. The molecule has 0 spiro atoms. The van der Waals surface area contributed by atoms with Gasteiger partial charge in [0.05, 0.1) is 23.4 Å². The molecule has 4 aromatic rings. The Morgan fingerprint density at radius 3 is 2.86 bits per heavy atom. The zero-order valence-corrected chi connectivity index (χ0v) is 16.9. The van der Waals surface area contributed by atoms with Gasteiger partial charge in [0.25, 0.3) is 5.91 Å². The second kappa shape index (κ2) is 7.61. The molecule has 28 heavy (non-hydrogen) atoms. The maximum atomic E-state index is 12.8. The first-order valence-corrected chi connectivity index (χ1v) is 9.38. The number of anilines is 1. The maximum absolute atomic E-state index is 12.8. The molecule has 0 saturated carbocycles. The number of hydrogen-bond donors (Lipinski definition) is 1. The van der Waals surface area contributed by atoms with Crippen molar-refractivity contribution in [1.82, 2.24) is 9.97 Å². The van der Waals surface area contributed by atoms with E-state index in [2.05, 4.69) is 31.2 Å². The molecule has 0 saturated heterocycles. The van der Waals surface area contributed by atoms with Crippen molar-refractivity contribution in [1.29, 1.82) is 0 Å². The predicted octanol–water partition coefficient (Wildman–Crippen LogP) is 5.57. The van der Waals surface area contributed by atoms with E-state index in [1.165, 1.54) is 7.11 Å². The topological polar surface area (TPSA) is 77.2 Å².